The summed E-state index contributed by atoms with van der Waals surface area (Å²) in [6.45, 7) is 11.5. The fourth-order valence-corrected chi connectivity index (χ4v) is 6.06. The Hall–Kier alpha value is -1.18. The SMILES string of the molecule is CCCCCCCCCCCCCCCCC1(C)CCc2c(C)c(OC)c(C)c(C)c2N1C. The fraction of sp³-hybridized carbons (Fsp3) is 0.806. The van der Waals surface area contributed by atoms with Gasteiger partial charge < -0.3 is 9.64 Å². The van der Waals surface area contributed by atoms with Crippen molar-refractivity contribution in [2.24, 2.45) is 0 Å². The first-order valence-corrected chi connectivity index (χ1v) is 14.3. The fourth-order valence-electron chi connectivity index (χ4n) is 6.06. The van der Waals surface area contributed by atoms with Gasteiger partial charge in [0, 0.05) is 18.3 Å². The molecule has 0 saturated carbocycles. The number of methoxy groups -OCH3 is 1. The Morgan fingerprint density at radius 1 is 0.727 bits per heavy atom. The Morgan fingerprint density at radius 2 is 1.21 bits per heavy atom. The second kappa shape index (κ2) is 14.3. The van der Waals surface area contributed by atoms with E-state index in [2.05, 4.69) is 46.6 Å². The van der Waals surface area contributed by atoms with Crippen molar-refractivity contribution in [3.8, 4) is 5.75 Å². The number of rotatable bonds is 16. The molecule has 0 bridgehead atoms. The molecule has 1 aromatic rings. The summed E-state index contributed by atoms with van der Waals surface area (Å²) in [6, 6.07) is 0. The zero-order valence-corrected chi connectivity index (χ0v) is 23.4. The first kappa shape index (κ1) is 28.1. The number of fused-ring (bicyclic) bond motifs is 1. The predicted molar refractivity (Wildman–Crippen MR) is 147 cm³/mol. The molecular weight excluding hydrogens is 402 g/mol. The molecule has 1 unspecified atom stereocenters. The minimum atomic E-state index is 0.280. The summed E-state index contributed by atoms with van der Waals surface area (Å²) in [7, 11) is 4.15. The lowest BCUT2D eigenvalue weighted by Crippen LogP contribution is -2.48. The third kappa shape index (κ3) is 7.66. The number of ether oxygens (including phenoxy) is 1. The van der Waals surface area contributed by atoms with Crippen LogP contribution >= 0.6 is 0 Å². The van der Waals surface area contributed by atoms with E-state index in [4.69, 9.17) is 4.74 Å². The molecular formula is C31H55NO. The third-order valence-corrected chi connectivity index (χ3v) is 8.67. The van der Waals surface area contributed by atoms with E-state index in [0.29, 0.717) is 0 Å². The zero-order valence-electron chi connectivity index (χ0n) is 23.4. The Morgan fingerprint density at radius 3 is 1.70 bits per heavy atom. The molecule has 0 N–H and O–H groups in total. The molecule has 33 heavy (non-hydrogen) atoms. The number of hydrogen-bond acceptors (Lipinski definition) is 2. The molecule has 0 spiro atoms. The maximum atomic E-state index is 5.75. The summed E-state index contributed by atoms with van der Waals surface area (Å²) in [5.41, 5.74) is 7.33. The molecule has 1 aromatic carbocycles. The van der Waals surface area contributed by atoms with E-state index in [1.54, 1.807) is 0 Å². The van der Waals surface area contributed by atoms with Gasteiger partial charge in [0.25, 0.3) is 0 Å². The molecule has 1 heterocycles. The minimum absolute atomic E-state index is 0.280. The van der Waals surface area contributed by atoms with Gasteiger partial charge in [-0.1, -0.05) is 96.8 Å². The normalized spacial score (nSPS) is 18.0. The Kier molecular flexibility index (Phi) is 12.1. The van der Waals surface area contributed by atoms with Crippen LogP contribution in [0.2, 0.25) is 0 Å². The number of anilines is 1. The van der Waals surface area contributed by atoms with Gasteiger partial charge in [-0.2, -0.15) is 0 Å². The standard InChI is InChI=1S/C31H55NO/c1-8-9-10-11-12-13-14-15-16-17-18-19-20-21-23-31(5)24-22-28-27(4)30(33-7)26(3)25(2)29(28)32(31)6/h8-24H2,1-7H3. The average molecular weight is 458 g/mol. The number of unbranched alkanes of at least 4 members (excludes halogenated alkanes) is 13. The minimum Gasteiger partial charge on any atom is -0.496 e. The highest BCUT2D eigenvalue weighted by molar-refractivity contribution is 5.70. The molecule has 0 saturated heterocycles. The Labute approximate surface area is 206 Å². The molecule has 2 rings (SSSR count). The van der Waals surface area contributed by atoms with Crippen LogP contribution in [-0.2, 0) is 6.42 Å². The molecule has 0 fully saturated rings. The monoisotopic (exact) mass is 457 g/mol. The van der Waals surface area contributed by atoms with Crippen molar-refractivity contribution in [2.75, 3.05) is 19.1 Å². The van der Waals surface area contributed by atoms with E-state index in [9.17, 15) is 0 Å². The van der Waals surface area contributed by atoms with Gasteiger partial charge in [-0.15, -0.1) is 0 Å². The first-order valence-electron chi connectivity index (χ1n) is 14.3. The van der Waals surface area contributed by atoms with Gasteiger partial charge in [0.15, 0.2) is 0 Å². The van der Waals surface area contributed by atoms with Crippen molar-refractivity contribution in [2.45, 2.75) is 149 Å². The van der Waals surface area contributed by atoms with Crippen molar-refractivity contribution < 1.29 is 4.74 Å². The van der Waals surface area contributed by atoms with Crippen LogP contribution in [0.15, 0.2) is 0 Å². The maximum Gasteiger partial charge on any atom is 0.125 e. The summed E-state index contributed by atoms with van der Waals surface area (Å²) >= 11 is 0. The second-order valence-corrected chi connectivity index (χ2v) is 11.1. The van der Waals surface area contributed by atoms with E-state index >= 15 is 0 Å². The van der Waals surface area contributed by atoms with Gasteiger partial charge in [-0.25, -0.2) is 0 Å². The first-order chi connectivity index (χ1) is 15.9. The van der Waals surface area contributed by atoms with Gasteiger partial charge in [0.1, 0.15) is 5.75 Å². The number of nitrogens with zero attached hydrogens (tertiary/aromatic N) is 1. The molecule has 0 radical (unpaired) electrons. The zero-order chi connectivity index (χ0) is 24.3. The van der Waals surface area contributed by atoms with Gasteiger partial charge in [0.05, 0.1) is 7.11 Å². The molecule has 2 nitrogen and oxygen atoms in total. The molecule has 0 aromatic heterocycles. The van der Waals surface area contributed by atoms with E-state index in [-0.39, 0.29) is 5.54 Å². The van der Waals surface area contributed by atoms with Crippen molar-refractivity contribution in [3.63, 3.8) is 0 Å². The van der Waals surface area contributed by atoms with E-state index in [1.807, 2.05) is 7.11 Å². The highest BCUT2D eigenvalue weighted by atomic mass is 16.5. The molecule has 0 amide bonds. The smallest absolute Gasteiger partial charge is 0.125 e. The van der Waals surface area contributed by atoms with Crippen LogP contribution in [0.3, 0.4) is 0 Å². The highest BCUT2D eigenvalue weighted by Crippen LogP contribution is 2.46. The summed E-state index contributed by atoms with van der Waals surface area (Å²) in [5.74, 6) is 1.09. The molecule has 1 aliphatic rings. The van der Waals surface area contributed by atoms with Crippen LogP contribution in [0, 0.1) is 20.8 Å². The average Bonchev–Trinajstić information content (AvgIpc) is 2.80. The van der Waals surface area contributed by atoms with Crippen LogP contribution in [0.25, 0.3) is 0 Å². The predicted octanol–water partition coefficient (Wildman–Crippen LogP) is 9.63. The van der Waals surface area contributed by atoms with E-state index < -0.39 is 0 Å². The quantitative estimate of drug-likeness (QED) is 0.229. The summed E-state index contributed by atoms with van der Waals surface area (Å²) in [4.78, 5) is 2.61. The van der Waals surface area contributed by atoms with Gasteiger partial charge in [-0.3, -0.25) is 0 Å². The van der Waals surface area contributed by atoms with Crippen LogP contribution < -0.4 is 9.64 Å². The van der Waals surface area contributed by atoms with Gasteiger partial charge >= 0.3 is 0 Å². The van der Waals surface area contributed by atoms with E-state index in [1.165, 1.54) is 137 Å². The lowest BCUT2D eigenvalue weighted by atomic mass is 9.79. The lowest BCUT2D eigenvalue weighted by molar-refractivity contribution is 0.348. The molecule has 1 aliphatic heterocycles. The second-order valence-electron chi connectivity index (χ2n) is 11.1. The Balaban J connectivity index is 1.66. The van der Waals surface area contributed by atoms with Crippen molar-refractivity contribution in [1.29, 1.82) is 0 Å². The van der Waals surface area contributed by atoms with Crippen molar-refractivity contribution >= 4 is 5.69 Å². The molecule has 2 heteroatoms. The van der Waals surface area contributed by atoms with Crippen molar-refractivity contribution in [3.05, 3.63) is 22.3 Å². The van der Waals surface area contributed by atoms with Gasteiger partial charge in [-0.05, 0) is 69.2 Å². The lowest BCUT2D eigenvalue weighted by Gasteiger charge is -2.47. The van der Waals surface area contributed by atoms with E-state index in [0.717, 1.165) is 5.75 Å². The third-order valence-electron chi connectivity index (χ3n) is 8.67. The van der Waals surface area contributed by atoms with Gasteiger partial charge in [0.2, 0.25) is 0 Å². The van der Waals surface area contributed by atoms with Crippen LogP contribution in [-0.4, -0.2) is 19.7 Å². The highest BCUT2D eigenvalue weighted by Gasteiger charge is 2.36. The molecule has 190 valence electrons. The maximum absolute atomic E-state index is 5.75. The van der Waals surface area contributed by atoms with Crippen LogP contribution in [0.5, 0.6) is 5.75 Å². The summed E-state index contributed by atoms with van der Waals surface area (Å²) in [5, 5.41) is 0. The number of benzene rings is 1. The largest absolute Gasteiger partial charge is 0.496 e. The summed E-state index contributed by atoms with van der Waals surface area (Å²) in [6.07, 6.45) is 23.8. The van der Waals surface area contributed by atoms with Crippen LogP contribution in [0.4, 0.5) is 5.69 Å². The molecule has 1 atom stereocenters. The summed E-state index contributed by atoms with van der Waals surface area (Å²) < 4.78 is 5.75. The number of hydrogen-bond donors (Lipinski definition) is 0. The van der Waals surface area contributed by atoms with Crippen LogP contribution in [0.1, 0.15) is 139 Å². The van der Waals surface area contributed by atoms with Crippen molar-refractivity contribution in [1.82, 2.24) is 0 Å². The Bertz CT molecular complexity index is 710. The molecule has 0 aliphatic carbocycles. The topological polar surface area (TPSA) is 12.5 Å².